The molecule has 0 saturated heterocycles. The van der Waals surface area contributed by atoms with Crippen LogP contribution in [0.5, 0.6) is 0 Å². The van der Waals surface area contributed by atoms with Gasteiger partial charge in [0.15, 0.2) is 5.82 Å². The molecule has 0 aliphatic heterocycles. The van der Waals surface area contributed by atoms with Crippen LogP contribution in [0.2, 0.25) is 5.02 Å². The molecule has 18 heavy (non-hydrogen) atoms. The molecule has 0 radical (unpaired) electrons. The Balaban J connectivity index is 2.00. The molecule has 0 aliphatic rings. The van der Waals surface area contributed by atoms with E-state index in [1.165, 1.54) is 0 Å². The van der Waals surface area contributed by atoms with Gasteiger partial charge in [-0.05, 0) is 24.3 Å². The van der Waals surface area contributed by atoms with E-state index in [9.17, 15) is 0 Å². The van der Waals surface area contributed by atoms with Crippen molar-refractivity contribution in [3.63, 3.8) is 0 Å². The van der Waals surface area contributed by atoms with E-state index in [1.807, 2.05) is 18.2 Å². The summed E-state index contributed by atoms with van der Waals surface area (Å²) in [6.45, 7) is 0.212. The predicted molar refractivity (Wildman–Crippen MR) is 72.6 cm³/mol. The van der Waals surface area contributed by atoms with Crippen molar-refractivity contribution in [3.05, 3.63) is 35.1 Å². The lowest BCUT2D eigenvalue weighted by molar-refractivity contribution is 0.296. The molecular formula is C12H13ClN2O2S. The number of aliphatic hydroxyl groups excluding tert-OH is 1. The second kappa shape index (κ2) is 6.78. The van der Waals surface area contributed by atoms with Crippen molar-refractivity contribution < 1.29 is 9.63 Å². The summed E-state index contributed by atoms with van der Waals surface area (Å²) < 4.78 is 5.18. The summed E-state index contributed by atoms with van der Waals surface area (Å²) in [7, 11) is 0. The molecule has 0 bridgehead atoms. The summed E-state index contributed by atoms with van der Waals surface area (Å²) in [6, 6.07) is 7.37. The number of halogens is 1. The molecule has 2 aromatic rings. The molecule has 1 aromatic carbocycles. The summed E-state index contributed by atoms with van der Waals surface area (Å²) in [5.41, 5.74) is 0.748. The van der Waals surface area contributed by atoms with Crippen LogP contribution in [0.1, 0.15) is 12.2 Å². The van der Waals surface area contributed by atoms with Crippen molar-refractivity contribution in [2.45, 2.75) is 12.2 Å². The maximum absolute atomic E-state index is 8.67. The maximum Gasteiger partial charge on any atom is 0.259 e. The third kappa shape index (κ3) is 3.48. The number of aliphatic hydroxyl groups is 1. The summed E-state index contributed by atoms with van der Waals surface area (Å²) in [5, 5.41) is 13.2. The van der Waals surface area contributed by atoms with Crippen molar-refractivity contribution in [2.24, 2.45) is 0 Å². The highest BCUT2D eigenvalue weighted by Crippen LogP contribution is 2.26. The monoisotopic (exact) mass is 284 g/mol. The Morgan fingerprint density at radius 2 is 2.17 bits per heavy atom. The van der Waals surface area contributed by atoms with Gasteiger partial charge < -0.3 is 9.63 Å². The number of hydrogen-bond acceptors (Lipinski definition) is 5. The fourth-order valence-corrected chi connectivity index (χ4v) is 2.38. The van der Waals surface area contributed by atoms with Gasteiger partial charge in [0.1, 0.15) is 0 Å². The van der Waals surface area contributed by atoms with Gasteiger partial charge in [-0.2, -0.15) is 16.7 Å². The molecule has 2 rings (SSSR count). The molecule has 0 fully saturated rings. The zero-order chi connectivity index (χ0) is 12.8. The van der Waals surface area contributed by atoms with Crippen LogP contribution >= 0.6 is 23.4 Å². The molecular weight excluding hydrogens is 272 g/mol. The van der Waals surface area contributed by atoms with Gasteiger partial charge in [0, 0.05) is 6.61 Å². The fourth-order valence-electron chi connectivity index (χ4n) is 1.39. The van der Waals surface area contributed by atoms with Crippen LogP contribution in [-0.2, 0) is 5.75 Å². The van der Waals surface area contributed by atoms with E-state index in [0.29, 0.717) is 22.5 Å². The van der Waals surface area contributed by atoms with Gasteiger partial charge in [-0.25, -0.2) is 0 Å². The minimum atomic E-state index is 0.212. The number of nitrogens with zero attached hydrogens (tertiary/aromatic N) is 2. The second-order valence-corrected chi connectivity index (χ2v) is 5.14. The number of benzene rings is 1. The standard InChI is InChI=1S/C12H13ClN2O2S/c13-10-5-2-1-4-9(10)12-14-11(15-17-12)8-18-7-3-6-16/h1-2,4-5,16H,3,6-8H2. The van der Waals surface area contributed by atoms with Gasteiger partial charge in [-0.1, -0.05) is 28.9 Å². The topological polar surface area (TPSA) is 59.2 Å². The first-order valence-corrected chi connectivity index (χ1v) is 7.10. The lowest BCUT2D eigenvalue weighted by Crippen LogP contribution is -1.89. The minimum Gasteiger partial charge on any atom is -0.396 e. The first-order valence-electron chi connectivity index (χ1n) is 5.57. The van der Waals surface area contributed by atoms with Crippen LogP contribution in [0.4, 0.5) is 0 Å². The highest BCUT2D eigenvalue weighted by Gasteiger charge is 2.11. The van der Waals surface area contributed by atoms with Gasteiger partial charge in [-0.15, -0.1) is 0 Å². The quantitative estimate of drug-likeness (QED) is 0.826. The molecule has 4 nitrogen and oxygen atoms in total. The number of thioether (sulfide) groups is 1. The average Bonchev–Trinajstić information content (AvgIpc) is 2.84. The Labute approximate surface area is 114 Å². The van der Waals surface area contributed by atoms with Crippen LogP contribution in [0.25, 0.3) is 11.5 Å². The number of aromatic nitrogens is 2. The Morgan fingerprint density at radius 3 is 2.94 bits per heavy atom. The van der Waals surface area contributed by atoms with Gasteiger partial charge >= 0.3 is 0 Å². The van der Waals surface area contributed by atoms with E-state index in [4.69, 9.17) is 21.2 Å². The van der Waals surface area contributed by atoms with Crippen LogP contribution < -0.4 is 0 Å². The molecule has 1 aromatic heterocycles. The van der Waals surface area contributed by atoms with Gasteiger partial charge in [0.2, 0.25) is 0 Å². The zero-order valence-electron chi connectivity index (χ0n) is 9.67. The molecule has 0 amide bonds. The summed E-state index contributed by atoms with van der Waals surface area (Å²) in [5.74, 6) is 2.65. The van der Waals surface area contributed by atoms with Crippen molar-refractivity contribution in [1.82, 2.24) is 10.1 Å². The maximum atomic E-state index is 8.67. The van der Waals surface area contributed by atoms with E-state index < -0.39 is 0 Å². The first kappa shape index (κ1) is 13.4. The molecule has 1 heterocycles. The summed E-state index contributed by atoms with van der Waals surface area (Å²) in [4.78, 5) is 4.29. The Bertz CT molecular complexity index is 504. The van der Waals surface area contributed by atoms with Crippen molar-refractivity contribution in [3.8, 4) is 11.5 Å². The van der Waals surface area contributed by atoms with Gasteiger partial charge in [0.05, 0.1) is 16.3 Å². The lowest BCUT2D eigenvalue weighted by Gasteiger charge is -1.96. The molecule has 0 spiro atoms. The minimum absolute atomic E-state index is 0.212. The number of hydrogen-bond donors (Lipinski definition) is 1. The summed E-state index contributed by atoms with van der Waals surface area (Å²) >= 11 is 7.72. The number of rotatable bonds is 6. The Hall–Kier alpha value is -1.04. The molecule has 96 valence electrons. The largest absolute Gasteiger partial charge is 0.396 e. The average molecular weight is 285 g/mol. The van der Waals surface area contributed by atoms with Crippen LogP contribution in [0.3, 0.4) is 0 Å². The fraction of sp³-hybridized carbons (Fsp3) is 0.333. The van der Waals surface area contributed by atoms with Crippen molar-refractivity contribution in [1.29, 1.82) is 0 Å². The first-order chi connectivity index (χ1) is 8.81. The van der Waals surface area contributed by atoms with Crippen LogP contribution in [0.15, 0.2) is 28.8 Å². The van der Waals surface area contributed by atoms with E-state index >= 15 is 0 Å². The molecule has 1 N–H and O–H groups in total. The lowest BCUT2D eigenvalue weighted by atomic mass is 10.2. The smallest absolute Gasteiger partial charge is 0.259 e. The SMILES string of the molecule is OCCCSCc1noc(-c2ccccc2Cl)n1. The zero-order valence-corrected chi connectivity index (χ0v) is 11.2. The second-order valence-electron chi connectivity index (χ2n) is 3.63. The van der Waals surface area contributed by atoms with E-state index in [2.05, 4.69) is 10.1 Å². The van der Waals surface area contributed by atoms with Gasteiger partial charge in [0.25, 0.3) is 5.89 Å². The molecule has 0 unspecified atom stereocenters. The van der Waals surface area contributed by atoms with E-state index in [1.54, 1.807) is 17.8 Å². The molecule has 0 atom stereocenters. The highest BCUT2D eigenvalue weighted by molar-refractivity contribution is 7.98. The predicted octanol–water partition coefficient (Wildman–Crippen LogP) is 3.01. The van der Waals surface area contributed by atoms with Gasteiger partial charge in [-0.3, -0.25) is 0 Å². The third-order valence-corrected chi connectivity index (χ3v) is 3.62. The van der Waals surface area contributed by atoms with E-state index in [0.717, 1.165) is 17.7 Å². The third-order valence-electron chi connectivity index (χ3n) is 2.25. The normalized spacial score (nSPS) is 10.8. The molecule has 6 heteroatoms. The van der Waals surface area contributed by atoms with Crippen molar-refractivity contribution >= 4 is 23.4 Å². The van der Waals surface area contributed by atoms with Crippen LogP contribution in [0, 0.1) is 0 Å². The Morgan fingerprint density at radius 1 is 1.33 bits per heavy atom. The molecule has 0 saturated carbocycles. The van der Waals surface area contributed by atoms with Crippen LogP contribution in [-0.4, -0.2) is 27.6 Å². The Kier molecular flexibility index (Phi) is 5.04. The highest BCUT2D eigenvalue weighted by atomic mass is 35.5. The van der Waals surface area contributed by atoms with Crippen molar-refractivity contribution in [2.75, 3.05) is 12.4 Å². The molecule has 0 aliphatic carbocycles. The van der Waals surface area contributed by atoms with E-state index in [-0.39, 0.29) is 6.61 Å². The summed E-state index contributed by atoms with van der Waals surface area (Å²) in [6.07, 6.45) is 0.778.